The highest BCUT2D eigenvalue weighted by Crippen LogP contribution is 2.27. The van der Waals surface area contributed by atoms with Gasteiger partial charge in [-0.05, 0) is 30.9 Å². The van der Waals surface area contributed by atoms with E-state index in [1.165, 1.54) is 12.8 Å². The van der Waals surface area contributed by atoms with Crippen molar-refractivity contribution >= 4 is 11.8 Å². The number of hydrogen-bond acceptors (Lipinski definition) is 2. The third-order valence-corrected chi connectivity index (χ3v) is 3.30. The van der Waals surface area contributed by atoms with Crippen molar-refractivity contribution in [3.63, 3.8) is 0 Å². The van der Waals surface area contributed by atoms with Crippen LogP contribution < -0.4 is 10.9 Å². The van der Waals surface area contributed by atoms with Crippen LogP contribution in [0.2, 0.25) is 0 Å². The molecule has 4 heteroatoms. The molecule has 1 aromatic rings. The summed E-state index contributed by atoms with van der Waals surface area (Å²) in [5.74, 6) is 0.0974. The van der Waals surface area contributed by atoms with E-state index in [9.17, 15) is 9.59 Å². The largest absolute Gasteiger partial charge is 0.273 e. The van der Waals surface area contributed by atoms with Crippen molar-refractivity contribution in [1.29, 1.82) is 0 Å². The van der Waals surface area contributed by atoms with Crippen LogP contribution in [-0.2, 0) is 4.79 Å². The van der Waals surface area contributed by atoms with Gasteiger partial charge in [-0.25, -0.2) is 0 Å². The molecule has 96 valence electrons. The maximum atomic E-state index is 11.7. The normalized spacial score (nSPS) is 15.3. The van der Waals surface area contributed by atoms with Crippen molar-refractivity contribution in [2.24, 2.45) is 5.92 Å². The quantitative estimate of drug-likeness (QED) is 0.802. The van der Waals surface area contributed by atoms with Crippen LogP contribution >= 0.6 is 0 Å². The summed E-state index contributed by atoms with van der Waals surface area (Å²) < 4.78 is 0. The maximum absolute atomic E-state index is 11.7. The molecule has 0 spiro atoms. The van der Waals surface area contributed by atoms with Crippen LogP contribution in [0.25, 0.3) is 0 Å². The highest BCUT2D eigenvalue weighted by atomic mass is 16.2. The van der Waals surface area contributed by atoms with Crippen LogP contribution in [0.1, 0.15) is 42.5 Å². The Morgan fingerprint density at radius 3 is 2.39 bits per heavy atom. The lowest BCUT2D eigenvalue weighted by molar-refractivity contribution is -0.122. The monoisotopic (exact) mass is 246 g/mol. The topological polar surface area (TPSA) is 58.2 Å². The predicted molar refractivity (Wildman–Crippen MR) is 68.6 cm³/mol. The van der Waals surface area contributed by atoms with E-state index in [0.717, 1.165) is 12.8 Å². The summed E-state index contributed by atoms with van der Waals surface area (Å²) in [6.07, 6.45) is 5.19. The smallest absolute Gasteiger partial charge is 0.269 e. The van der Waals surface area contributed by atoms with E-state index in [0.29, 0.717) is 17.9 Å². The van der Waals surface area contributed by atoms with E-state index in [1.54, 1.807) is 24.3 Å². The summed E-state index contributed by atoms with van der Waals surface area (Å²) >= 11 is 0. The van der Waals surface area contributed by atoms with Gasteiger partial charge in [-0.2, -0.15) is 0 Å². The Hall–Kier alpha value is -1.84. The van der Waals surface area contributed by atoms with Crippen molar-refractivity contribution in [2.45, 2.75) is 32.1 Å². The summed E-state index contributed by atoms with van der Waals surface area (Å²) in [6.45, 7) is 0. The Morgan fingerprint density at radius 2 is 1.72 bits per heavy atom. The van der Waals surface area contributed by atoms with Gasteiger partial charge in [-0.15, -0.1) is 0 Å². The van der Waals surface area contributed by atoms with E-state index in [4.69, 9.17) is 0 Å². The standard InChI is InChI=1S/C14H18N2O2/c17-13(10-11-6-4-5-7-11)15-16-14(18)12-8-2-1-3-9-12/h1-3,8-9,11H,4-7,10H2,(H,15,17)(H,16,18). The molecular formula is C14H18N2O2. The average molecular weight is 246 g/mol. The minimum absolute atomic E-state index is 0.105. The van der Waals surface area contributed by atoms with E-state index >= 15 is 0 Å². The molecule has 0 radical (unpaired) electrons. The van der Waals surface area contributed by atoms with Crippen molar-refractivity contribution < 1.29 is 9.59 Å². The highest BCUT2D eigenvalue weighted by Gasteiger charge is 2.18. The molecule has 0 unspecified atom stereocenters. The van der Waals surface area contributed by atoms with Gasteiger partial charge in [0.15, 0.2) is 0 Å². The first-order valence-electron chi connectivity index (χ1n) is 6.40. The zero-order valence-corrected chi connectivity index (χ0v) is 10.3. The van der Waals surface area contributed by atoms with E-state index in [1.807, 2.05) is 6.07 Å². The lowest BCUT2D eigenvalue weighted by Crippen LogP contribution is -2.42. The minimum Gasteiger partial charge on any atom is -0.273 e. The minimum atomic E-state index is -0.282. The molecule has 4 nitrogen and oxygen atoms in total. The van der Waals surface area contributed by atoms with Gasteiger partial charge in [0.05, 0.1) is 0 Å². The van der Waals surface area contributed by atoms with Gasteiger partial charge < -0.3 is 0 Å². The molecule has 1 aliphatic carbocycles. The van der Waals surface area contributed by atoms with Crippen LogP contribution in [0.4, 0.5) is 0 Å². The van der Waals surface area contributed by atoms with Crippen LogP contribution in [0.3, 0.4) is 0 Å². The summed E-state index contributed by atoms with van der Waals surface area (Å²) in [6, 6.07) is 8.83. The first kappa shape index (κ1) is 12.6. The Balaban J connectivity index is 1.74. The summed E-state index contributed by atoms with van der Waals surface area (Å²) in [7, 11) is 0. The first-order valence-corrected chi connectivity index (χ1v) is 6.40. The van der Waals surface area contributed by atoms with E-state index in [2.05, 4.69) is 10.9 Å². The van der Waals surface area contributed by atoms with Crippen molar-refractivity contribution in [3.8, 4) is 0 Å². The summed E-state index contributed by atoms with van der Waals surface area (Å²) in [5, 5.41) is 0. The van der Waals surface area contributed by atoms with Crippen LogP contribution in [0.15, 0.2) is 30.3 Å². The fourth-order valence-corrected chi connectivity index (χ4v) is 2.32. The second-order valence-electron chi connectivity index (χ2n) is 4.72. The number of rotatable bonds is 3. The number of carbonyl (C=O) groups is 2. The molecule has 1 fully saturated rings. The van der Waals surface area contributed by atoms with Gasteiger partial charge in [-0.3, -0.25) is 20.4 Å². The van der Waals surface area contributed by atoms with Gasteiger partial charge in [0.1, 0.15) is 0 Å². The zero-order chi connectivity index (χ0) is 12.8. The molecule has 0 aromatic heterocycles. The van der Waals surface area contributed by atoms with Crippen molar-refractivity contribution in [1.82, 2.24) is 10.9 Å². The van der Waals surface area contributed by atoms with Crippen molar-refractivity contribution in [3.05, 3.63) is 35.9 Å². The Labute approximate surface area is 107 Å². The molecule has 0 aliphatic heterocycles. The molecule has 1 aliphatic rings. The maximum Gasteiger partial charge on any atom is 0.269 e. The average Bonchev–Trinajstić information content (AvgIpc) is 2.90. The molecule has 0 saturated heterocycles. The third-order valence-electron chi connectivity index (χ3n) is 3.30. The van der Waals surface area contributed by atoms with Crippen LogP contribution in [-0.4, -0.2) is 11.8 Å². The Bertz CT molecular complexity index is 411. The van der Waals surface area contributed by atoms with Crippen LogP contribution in [0.5, 0.6) is 0 Å². The molecule has 0 heterocycles. The molecule has 2 amide bonds. The van der Waals surface area contributed by atoms with E-state index in [-0.39, 0.29) is 11.8 Å². The third kappa shape index (κ3) is 3.58. The van der Waals surface area contributed by atoms with Crippen LogP contribution in [0, 0.1) is 5.92 Å². The lowest BCUT2D eigenvalue weighted by atomic mass is 10.0. The number of hydrazine groups is 1. The number of hydrogen-bond donors (Lipinski definition) is 2. The van der Waals surface area contributed by atoms with Gasteiger partial charge in [0.2, 0.25) is 5.91 Å². The van der Waals surface area contributed by atoms with Gasteiger partial charge >= 0.3 is 0 Å². The number of benzene rings is 1. The first-order chi connectivity index (χ1) is 8.75. The molecule has 2 rings (SSSR count). The Morgan fingerprint density at radius 1 is 1.06 bits per heavy atom. The fraction of sp³-hybridized carbons (Fsp3) is 0.429. The Kier molecular flexibility index (Phi) is 4.34. The van der Waals surface area contributed by atoms with Crippen molar-refractivity contribution in [2.75, 3.05) is 0 Å². The number of carbonyl (C=O) groups excluding carboxylic acids is 2. The van der Waals surface area contributed by atoms with E-state index < -0.39 is 0 Å². The molecule has 2 N–H and O–H groups in total. The summed E-state index contributed by atoms with van der Waals surface area (Å²) in [4.78, 5) is 23.3. The SMILES string of the molecule is O=C(CC1CCCC1)NNC(=O)c1ccccc1. The van der Waals surface area contributed by atoms with Gasteiger partial charge in [-0.1, -0.05) is 31.0 Å². The fourth-order valence-electron chi connectivity index (χ4n) is 2.32. The molecular weight excluding hydrogens is 228 g/mol. The number of amides is 2. The second kappa shape index (κ2) is 6.19. The lowest BCUT2D eigenvalue weighted by Gasteiger charge is -2.10. The predicted octanol–water partition coefficient (Wildman–Crippen LogP) is 2.03. The highest BCUT2D eigenvalue weighted by molar-refractivity contribution is 5.95. The number of nitrogens with one attached hydrogen (secondary N) is 2. The molecule has 0 atom stereocenters. The molecule has 1 saturated carbocycles. The zero-order valence-electron chi connectivity index (χ0n) is 10.3. The molecule has 1 aromatic carbocycles. The second-order valence-corrected chi connectivity index (χ2v) is 4.72. The van der Waals surface area contributed by atoms with Gasteiger partial charge in [0, 0.05) is 12.0 Å². The van der Waals surface area contributed by atoms with Gasteiger partial charge in [0.25, 0.3) is 5.91 Å². The summed E-state index contributed by atoms with van der Waals surface area (Å²) in [5.41, 5.74) is 5.44. The molecule has 0 bridgehead atoms. The molecule has 18 heavy (non-hydrogen) atoms.